The van der Waals surface area contributed by atoms with Crippen LogP contribution in [0.25, 0.3) is 0 Å². The number of thioether (sulfide) groups is 1. The van der Waals surface area contributed by atoms with Gasteiger partial charge in [0.2, 0.25) is 5.91 Å². The quantitative estimate of drug-likeness (QED) is 0.550. The van der Waals surface area contributed by atoms with Crippen LogP contribution in [-0.2, 0) is 4.79 Å². The Morgan fingerprint density at radius 2 is 1.69 bits per heavy atom. The van der Waals surface area contributed by atoms with E-state index in [0.717, 1.165) is 16.9 Å². The number of methoxy groups -OCH3 is 1. The van der Waals surface area contributed by atoms with Gasteiger partial charge in [-0.2, -0.15) is 0 Å². The molecular formula is C22H23N3O3S. The van der Waals surface area contributed by atoms with E-state index >= 15 is 0 Å². The molecule has 3 rings (SSSR count). The molecule has 6 nitrogen and oxygen atoms in total. The van der Waals surface area contributed by atoms with Gasteiger partial charge in [-0.3, -0.25) is 4.79 Å². The van der Waals surface area contributed by atoms with E-state index in [9.17, 15) is 4.79 Å². The van der Waals surface area contributed by atoms with Gasteiger partial charge in [0, 0.05) is 12.4 Å². The maximum Gasteiger partial charge on any atom is 0.252 e. The third-order valence-electron chi connectivity index (χ3n) is 4.20. The fourth-order valence-corrected chi connectivity index (χ4v) is 3.30. The van der Waals surface area contributed by atoms with Crippen molar-refractivity contribution in [1.29, 1.82) is 0 Å². The number of nitrogens with one attached hydrogen (secondary N) is 1. The largest absolute Gasteiger partial charge is 0.497 e. The lowest BCUT2D eigenvalue weighted by molar-refractivity contribution is -0.119. The van der Waals surface area contributed by atoms with Crippen LogP contribution in [0.2, 0.25) is 0 Å². The topological polar surface area (TPSA) is 73.3 Å². The first-order valence-corrected chi connectivity index (χ1v) is 10.2. The van der Waals surface area contributed by atoms with Crippen molar-refractivity contribution < 1.29 is 14.3 Å². The first-order valence-electron chi connectivity index (χ1n) is 9.17. The van der Waals surface area contributed by atoms with Gasteiger partial charge in [0.25, 0.3) is 5.88 Å². The number of benzene rings is 2. The van der Waals surface area contributed by atoms with Gasteiger partial charge in [-0.1, -0.05) is 41.6 Å². The number of carbonyl (C=O) groups is 1. The fourth-order valence-electron chi connectivity index (χ4n) is 2.59. The zero-order valence-corrected chi connectivity index (χ0v) is 17.4. The lowest BCUT2D eigenvalue weighted by atomic mass is 10.1. The molecule has 0 aliphatic carbocycles. The van der Waals surface area contributed by atoms with Gasteiger partial charge in [-0.15, -0.1) is 0 Å². The molecular weight excluding hydrogens is 386 g/mol. The van der Waals surface area contributed by atoms with Crippen molar-refractivity contribution in [3.05, 3.63) is 72.1 Å². The maximum absolute atomic E-state index is 12.4. The van der Waals surface area contributed by atoms with E-state index in [0.29, 0.717) is 16.7 Å². The molecule has 0 aliphatic rings. The molecule has 0 aliphatic heterocycles. The van der Waals surface area contributed by atoms with E-state index in [2.05, 4.69) is 15.3 Å². The molecule has 0 spiro atoms. The molecule has 1 N–H and O–H groups in total. The second kappa shape index (κ2) is 9.93. The molecule has 1 amide bonds. The molecule has 1 heterocycles. The lowest BCUT2D eigenvalue weighted by Gasteiger charge is -2.15. The van der Waals surface area contributed by atoms with Crippen LogP contribution in [0.5, 0.6) is 17.4 Å². The first kappa shape index (κ1) is 20.7. The van der Waals surface area contributed by atoms with E-state index in [-0.39, 0.29) is 17.7 Å². The number of amides is 1. The summed E-state index contributed by atoms with van der Waals surface area (Å²) in [5.74, 6) is 1.97. The molecule has 3 aromatic rings. The van der Waals surface area contributed by atoms with E-state index in [1.807, 2.05) is 62.4 Å². The van der Waals surface area contributed by atoms with Gasteiger partial charge < -0.3 is 14.8 Å². The number of aryl methyl sites for hydroxylation is 1. The summed E-state index contributed by atoms with van der Waals surface area (Å²) in [5.41, 5.74) is 2.15. The highest BCUT2D eigenvalue weighted by Crippen LogP contribution is 2.29. The Hall–Kier alpha value is -3.06. The average molecular weight is 410 g/mol. The third-order valence-corrected chi connectivity index (χ3v) is 5.16. The lowest BCUT2D eigenvalue weighted by Crippen LogP contribution is -2.28. The van der Waals surface area contributed by atoms with Gasteiger partial charge >= 0.3 is 0 Å². The first-order chi connectivity index (χ1) is 14.0. The molecule has 0 unspecified atom stereocenters. The SMILES string of the molecule is COc1ccc([C@H](C)NC(=O)CSc2nccnc2Oc2ccc(C)cc2)cc1. The Morgan fingerprint density at radius 1 is 1.03 bits per heavy atom. The van der Waals surface area contributed by atoms with E-state index in [1.165, 1.54) is 11.8 Å². The van der Waals surface area contributed by atoms with Gasteiger partial charge in [0.1, 0.15) is 11.5 Å². The zero-order valence-electron chi connectivity index (χ0n) is 16.6. The van der Waals surface area contributed by atoms with Crippen LogP contribution in [0.4, 0.5) is 0 Å². The van der Waals surface area contributed by atoms with Crippen molar-refractivity contribution in [1.82, 2.24) is 15.3 Å². The monoisotopic (exact) mass is 409 g/mol. The maximum atomic E-state index is 12.4. The third kappa shape index (κ3) is 5.96. The van der Waals surface area contributed by atoms with Crippen LogP contribution in [0.15, 0.2) is 66.0 Å². The van der Waals surface area contributed by atoms with Crippen molar-refractivity contribution in [3.63, 3.8) is 0 Å². The Labute approximate surface area is 174 Å². The standard InChI is InChI=1S/C22H23N3O3S/c1-15-4-8-19(9-5-15)28-21-22(24-13-12-23-21)29-14-20(26)25-16(2)17-6-10-18(27-3)11-7-17/h4-13,16H,14H2,1-3H3,(H,25,26)/t16-/m0/s1. The molecule has 0 radical (unpaired) electrons. The normalized spacial score (nSPS) is 11.6. The number of hydrogen-bond donors (Lipinski definition) is 1. The molecule has 2 aromatic carbocycles. The molecule has 0 bridgehead atoms. The molecule has 29 heavy (non-hydrogen) atoms. The Bertz CT molecular complexity index is 946. The molecule has 0 saturated heterocycles. The van der Waals surface area contributed by atoms with Crippen molar-refractivity contribution >= 4 is 17.7 Å². The summed E-state index contributed by atoms with van der Waals surface area (Å²) in [7, 11) is 1.63. The number of carbonyl (C=O) groups excluding carboxylic acids is 1. The van der Waals surface area contributed by atoms with Crippen LogP contribution in [0.3, 0.4) is 0 Å². The van der Waals surface area contributed by atoms with Gasteiger partial charge in [-0.25, -0.2) is 9.97 Å². The molecule has 1 atom stereocenters. The predicted molar refractivity (Wildman–Crippen MR) is 114 cm³/mol. The number of ether oxygens (including phenoxy) is 2. The van der Waals surface area contributed by atoms with Gasteiger partial charge in [0.15, 0.2) is 5.03 Å². The summed E-state index contributed by atoms with van der Waals surface area (Å²) in [5, 5.41) is 3.56. The Kier molecular flexibility index (Phi) is 7.08. The number of hydrogen-bond acceptors (Lipinski definition) is 6. The van der Waals surface area contributed by atoms with E-state index in [4.69, 9.17) is 9.47 Å². The number of nitrogens with zero attached hydrogens (tertiary/aromatic N) is 2. The Balaban J connectivity index is 1.57. The summed E-state index contributed by atoms with van der Waals surface area (Å²) >= 11 is 1.29. The molecule has 0 fully saturated rings. The van der Waals surface area contributed by atoms with E-state index < -0.39 is 0 Å². The summed E-state index contributed by atoms with van der Waals surface area (Å²) in [6.45, 7) is 3.96. The van der Waals surface area contributed by atoms with Crippen molar-refractivity contribution in [2.75, 3.05) is 12.9 Å². The second-order valence-corrected chi connectivity index (χ2v) is 7.40. The number of aromatic nitrogens is 2. The molecule has 7 heteroatoms. The number of rotatable bonds is 8. The van der Waals surface area contributed by atoms with Crippen LogP contribution >= 0.6 is 11.8 Å². The second-order valence-electron chi connectivity index (χ2n) is 6.43. The minimum Gasteiger partial charge on any atom is -0.497 e. The highest BCUT2D eigenvalue weighted by atomic mass is 32.2. The molecule has 150 valence electrons. The summed E-state index contributed by atoms with van der Waals surface area (Å²) < 4.78 is 11.0. The zero-order chi connectivity index (χ0) is 20.6. The highest BCUT2D eigenvalue weighted by Gasteiger charge is 2.14. The van der Waals surface area contributed by atoms with Crippen molar-refractivity contribution in [2.45, 2.75) is 24.9 Å². The van der Waals surface area contributed by atoms with Crippen molar-refractivity contribution in [3.8, 4) is 17.4 Å². The van der Waals surface area contributed by atoms with Crippen LogP contribution in [-0.4, -0.2) is 28.7 Å². The highest BCUT2D eigenvalue weighted by molar-refractivity contribution is 8.00. The minimum atomic E-state index is -0.112. The van der Waals surface area contributed by atoms with Crippen molar-refractivity contribution in [2.24, 2.45) is 0 Å². The van der Waals surface area contributed by atoms with Gasteiger partial charge in [-0.05, 0) is 43.7 Å². The predicted octanol–water partition coefficient (Wildman–Crippen LogP) is 4.56. The van der Waals surface area contributed by atoms with Crippen LogP contribution in [0, 0.1) is 6.92 Å². The summed E-state index contributed by atoms with van der Waals surface area (Å²) in [6, 6.07) is 15.2. The van der Waals surface area contributed by atoms with Gasteiger partial charge in [0.05, 0.1) is 18.9 Å². The van der Waals surface area contributed by atoms with Crippen LogP contribution in [0.1, 0.15) is 24.1 Å². The van der Waals surface area contributed by atoms with Crippen LogP contribution < -0.4 is 14.8 Å². The smallest absolute Gasteiger partial charge is 0.252 e. The summed E-state index contributed by atoms with van der Waals surface area (Å²) in [4.78, 5) is 20.9. The summed E-state index contributed by atoms with van der Waals surface area (Å²) in [6.07, 6.45) is 3.15. The fraction of sp³-hybridized carbons (Fsp3) is 0.227. The van der Waals surface area contributed by atoms with E-state index in [1.54, 1.807) is 19.5 Å². The minimum absolute atomic E-state index is 0.0924. The average Bonchev–Trinajstić information content (AvgIpc) is 2.74. The Morgan fingerprint density at radius 3 is 2.38 bits per heavy atom. The molecule has 0 saturated carbocycles. The molecule has 1 aromatic heterocycles.